The Balaban J connectivity index is 1.90. The van der Waals surface area contributed by atoms with Crippen molar-refractivity contribution in [2.45, 2.75) is 20.0 Å². The van der Waals surface area contributed by atoms with E-state index in [0.717, 1.165) is 11.8 Å². The Hall–Kier alpha value is -3.79. The Kier molecular flexibility index (Phi) is 7.07. The van der Waals surface area contributed by atoms with Gasteiger partial charge in [-0.25, -0.2) is 14.6 Å². The van der Waals surface area contributed by atoms with Crippen molar-refractivity contribution in [2.24, 2.45) is 4.99 Å². The van der Waals surface area contributed by atoms with Crippen molar-refractivity contribution in [1.82, 2.24) is 4.90 Å². The van der Waals surface area contributed by atoms with E-state index in [1.54, 1.807) is 50.4 Å². The fourth-order valence-corrected chi connectivity index (χ4v) is 3.97. The number of amidine groups is 1. The number of aromatic carboxylic acids is 1. The quantitative estimate of drug-likeness (QED) is 0.586. The number of benzene rings is 2. The number of rotatable bonds is 7. The molecule has 2 aromatic carbocycles. The van der Waals surface area contributed by atoms with Gasteiger partial charge < -0.3 is 19.7 Å². The highest BCUT2D eigenvalue weighted by atomic mass is 32.2. The van der Waals surface area contributed by atoms with Crippen LogP contribution in [0.4, 0.5) is 5.69 Å². The summed E-state index contributed by atoms with van der Waals surface area (Å²) in [7, 11) is 3.03. The van der Waals surface area contributed by atoms with Gasteiger partial charge in [-0.15, -0.1) is 0 Å². The number of thioether (sulfide) groups is 1. The van der Waals surface area contributed by atoms with Crippen LogP contribution in [0.1, 0.15) is 28.4 Å². The number of carbonyl (C=O) groups is 3. The normalized spacial score (nSPS) is 16.8. The van der Waals surface area contributed by atoms with Crippen molar-refractivity contribution in [3.8, 4) is 11.5 Å². The van der Waals surface area contributed by atoms with Gasteiger partial charge in [-0.1, -0.05) is 12.1 Å². The molecule has 0 bridgehead atoms. The topological polar surface area (TPSA) is 126 Å². The summed E-state index contributed by atoms with van der Waals surface area (Å²) in [6, 6.07) is 9.70. The third kappa shape index (κ3) is 5.17. The largest absolute Gasteiger partial charge is 0.493 e. The molecule has 1 heterocycles. The summed E-state index contributed by atoms with van der Waals surface area (Å²) in [6.07, 6.45) is 0.616. The second-order valence-electron chi connectivity index (χ2n) is 7.13. The van der Waals surface area contributed by atoms with Gasteiger partial charge in [-0.2, -0.15) is 0 Å². The maximum atomic E-state index is 12.8. The van der Waals surface area contributed by atoms with E-state index >= 15 is 0 Å². The Morgan fingerprint density at radius 2 is 1.91 bits per heavy atom. The zero-order valence-corrected chi connectivity index (χ0v) is 19.2. The van der Waals surface area contributed by atoms with Crippen LogP contribution in [0.25, 0.3) is 6.08 Å². The number of carboxylic acid groups (broad SMARTS) is 2. The van der Waals surface area contributed by atoms with Crippen LogP contribution in [0.2, 0.25) is 0 Å². The van der Waals surface area contributed by atoms with Gasteiger partial charge in [0, 0.05) is 7.05 Å². The van der Waals surface area contributed by atoms with Gasteiger partial charge in [-0.3, -0.25) is 9.69 Å². The third-order valence-corrected chi connectivity index (χ3v) is 5.95. The Morgan fingerprint density at radius 3 is 2.55 bits per heavy atom. The van der Waals surface area contributed by atoms with Gasteiger partial charge in [0.15, 0.2) is 22.8 Å². The molecule has 0 spiro atoms. The van der Waals surface area contributed by atoms with E-state index in [2.05, 4.69) is 4.99 Å². The molecule has 1 aliphatic rings. The van der Waals surface area contributed by atoms with Gasteiger partial charge in [0.05, 0.1) is 23.3 Å². The first-order valence-corrected chi connectivity index (χ1v) is 10.6. The molecule has 3 rings (SSSR count). The van der Waals surface area contributed by atoms with Crippen molar-refractivity contribution in [1.29, 1.82) is 0 Å². The van der Waals surface area contributed by atoms with Crippen LogP contribution in [0.5, 0.6) is 11.5 Å². The number of likely N-dealkylation sites (N-methyl/N-ethyl adjacent to an activating group) is 1. The van der Waals surface area contributed by atoms with E-state index in [1.807, 2.05) is 0 Å². The second kappa shape index (κ2) is 9.78. The average Bonchev–Trinajstić information content (AvgIpc) is 3.03. The lowest BCUT2D eigenvalue weighted by Gasteiger charge is -2.14. The Labute approximate surface area is 194 Å². The number of carboxylic acids is 2. The van der Waals surface area contributed by atoms with E-state index in [0.29, 0.717) is 32.6 Å². The van der Waals surface area contributed by atoms with Crippen molar-refractivity contribution in [3.05, 3.63) is 58.0 Å². The lowest BCUT2D eigenvalue weighted by atomic mass is 10.1. The molecule has 10 heteroatoms. The number of aliphatic imine (C=N–C) groups is 1. The molecule has 9 nitrogen and oxygen atoms in total. The Morgan fingerprint density at radius 1 is 1.18 bits per heavy atom. The van der Waals surface area contributed by atoms with Crippen LogP contribution < -0.4 is 9.47 Å². The summed E-state index contributed by atoms with van der Waals surface area (Å²) in [5, 5.41) is 18.8. The van der Waals surface area contributed by atoms with E-state index in [4.69, 9.17) is 14.6 Å². The number of methoxy groups -OCH3 is 1. The summed E-state index contributed by atoms with van der Waals surface area (Å²) < 4.78 is 10.7. The molecule has 2 N–H and O–H groups in total. The molecule has 1 aliphatic heterocycles. The molecule has 0 unspecified atom stereocenters. The molecule has 1 atom stereocenters. The standard InChI is InChI=1S/C23H22N2O7S/c1-12-15(22(29)30)6-5-7-16(12)24-23-25(3)20(26)19(33-23)11-14-8-9-17(18(10-14)31-4)32-13(2)21(27)28/h5-11,13H,1-4H3,(H,27,28)(H,29,30)/b19-11-,24-23?/t13-/m0/s1. The van der Waals surface area contributed by atoms with Crippen molar-refractivity contribution >= 4 is 46.5 Å². The number of carbonyl (C=O) groups excluding carboxylic acids is 1. The second-order valence-corrected chi connectivity index (χ2v) is 8.14. The third-order valence-electron chi connectivity index (χ3n) is 4.89. The summed E-state index contributed by atoms with van der Waals surface area (Å²) >= 11 is 1.16. The van der Waals surface area contributed by atoms with Crippen LogP contribution in [0.3, 0.4) is 0 Å². The first-order valence-electron chi connectivity index (χ1n) is 9.79. The van der Waals surface area contributed by atoms with Crippen LogP contribution >= 0.6 is 11.8 Å². The van der Waals surface area contributed by atoms with Gasteiger partial charge in [0.2, 0.25) is 0 Å². The zero-order valence-electron chi connectivity index (χ0n) is 18.4. The van der Waals surface area contributed by atoms with Crippen LogP contribution in [0.15, 0.2) is 46.3 Å². The van der Waals surface area contributed by atoms with Crippen molar-refractivity contribution < 1.29 is 34.1 Å². The fraction of sp³-hybridized carbons (Fsp3) is 0.217. The first-order chi connectivity index (χ1) is 15.6. The van der Waals surface area contributed by atoms with Crippen LogP contribution in [-0.2, 0) is 9.59 Å². The van der Waals surface area contributed by atoms with E-state index in [9.17, 15) is 19.5 Å². The zero-order chi connectivity index (χ0) is 24.3. The fourth-order valence-electron chi connectivity index (χ4n) is 2.99. The minimum Gasteiger partial charge on any atom is -0.493 e. The minimum absolute atomic E-state index is 0.149. The van der Waals surface area contributed by atoms with Gasteiger partial charge >= 0.3 is 11.9 Å². The molecule has 1 amide bonds. The number of nitrogens with zero attached hydrogens (tertiary/aromatic N) is 2. The Bertz CT molecular complexity index is 1190. The van der Waals surface area contributed by atoms with E-state index in [-0.39, 0.29) is 17.2 Å². The highest BCUT2D eigenvalue weighted by molar-refractivity contribution is 8.18. The van der Waals surface area contributed by atoms with Crippen LogP contribution in [0, 0.1) is 6.92 Å². The molecule has 0 saturated carbocycles. The molecule has 0 aromatic heterocycles. The monoisotopic (exact) mass is 470 g/mol. The molecular weight excluding hydrogens is 448 g/mol. The number of hydrogen-bond acceptors (Lipinski definition) is 7. The molecule has 0 aliphatic carbocycles. The van der Waals surface area contributed by atoms with Gasteiger partial charge in [-0.05, 0) is 67.1 Å². The van der Waals surface area contributed by atoms with Crippen LogP contribution in [-0.4, -0.2) is 58.4 Å². The lowest BCUT2D eigenvalue weighted by Crippen LogP contribution is -2.23. The number of hydrogen-bond donors (Lipinski definition) is 2. The molecular formula is C23H22N2O7S. The smallest absolute Gasteiger partial charge is 0.344 e. The molecule has 33 heavy (non-hydrogen) atoms. The lowest BCUT2D eigenvalue weighted by molar-refractivity contribution is -0.144. The number of amides is 1. The maximum Gasteiger partial charge on any atom is 0.344 e. The molecule has 0 radical (unpaired) electrons. The SMILES string of the molecule is COc1cc(/C=C2\SC(=Nc3cccc(C(=O)O)c3C)N(C)C2=O)ccc1O[C@@H](C)C(=O)O. The number of ether oxygens (including phenoxy) is 2. The average molecular weight is 471 g/mol. The van der Waals surface area contributed by atoms with E-state index < -0.39 is 18.0 Å². The summed E-state index contributed by atoms with van der Waals surface area (Å²) in [5.41, 5.74) is 1.77. The van der Waals surface area contributed by atoms with Gasteiger partial charge in [0.25, 0.3) is 5.91 Å². The summed E-state index contributed by atoms with van der Waals surface area (Å²) in [5.74, 6) is -1.80. The molecule has 1 fully saturated rings. The molecule has 1 saturated heterocycles. The van der Waals surface area contributed by atoms with Crippen molar-refractivity contribution in [2.75, 3.05) is 14.2 Å². The summed E-state index contributed by atoms with van der Waals surface area (Å²) in [6.45, 7) is 3.08. The maximum absolute atomic E-state index is 12.8. The van der Waals surface area contributed by atoms with Crippen molar-refractivity contribution in [3.63, 3.8) is 0 Å². The van der Waals surface area contributed by atoms with E-state index in [1.165, 1.54) is 25.0 Å². The predicted octanol–water partition coefficient (Wildman–Crippen LogP) is 3.79. The number of aliphatic carboxylic acids is 1. The highest BCUT2D eigenvalue weighted by Crippen LogP contribution is 2.36. The molecule has 2 aromatic rings. The minimum atomic E-state index is -1.10. The first kappa shape index (κ1) is 23.9. The highest BCUT2D eigenvalue weighted by Gasteiger charge is 2.30. The summed E-state index contributed by atoms with van der Waals surface area (Å²) in [4.78, 5) is 41.5. The predicted molar refractivity (Wildman–Crippen MR) is 124 cm³/mol. The van der Waals surface area contributed by atoms with Gasteiger partial charge in [0.1, 0.15) is 0 Å². The molecule has 172 valence electrons.